The molecule has 0 saturated carbocycles. The summed E-state index contributed by atoms with van der Waals surface area (Å²) in [5.41, 5.74) is 0. The Kier molecular flexibility index (Phi) is 2.18. The van der Waals surface area contributed by atoms with Crippen molar-refractivity contribution in [2.24, 2.45) is 0 Å². The van der Waals surface area contributed by atoms with Crippen LogP contribution in [0.15, 0.2) is 0 Å². The average Bonchev–Trinajstić information content (AvgIpc) is 1.86. The van der Waals surface area contributed by atoms with Gasteiger partial charge in [0.15, 0.2) is 0 Å². The minimum atomic E-state index is 0.610. The summed E-state index contributed by atoms with van der Waals surface area (Å²) in [4.78, 5) is 2.65. The molecular formula is C8H15IN-. The predicted molar refractivity (Wildman–Crippen MR) is 38.9 cm³/mol. The molecule has 2 aliphatic rings. The number of hydrogen-bond donors (Lipinski definition) is 0. The molecule has 2 bridgehead atoms. The Morgan fingerprint density at radius 1 is 1.20 bits per heavy atom. The fourth-order valence-corrected chi connectivity index (χ4v) is 5.90. The summed E-state index contributed by atoms with van der Waals surface area (Å²) >= 11 is 0.610. The van der Waals surface area contributed by atoms with Crippen LogP contribution < -0.4 is 21.2 Å². The Hall–Kier alpha value is 0.690. The number of fused-ring (bicyclic) bond motifs is 2. The third-order valence-electron chi connectivity index (χ3n) is 2.80. The Bertz CT molecular complexity index is 104. The summed E-state index contributed by atoms with van der Waals surface area (Å²) in [5.74, 6) is 0. The molecule has 2 heterocycles. The van der Waals surface area contributed by atoms with Crippen molar-refractivity contribution in [2.45, 2.75) is 31.3 Å². The Morgan fingerprint density at radius 3 is 2.30 bits per heavy atom. The molecule has 2 unspecified atom stereocenters. The first-order chi connectivity index (χ1) is 4.88. The van der Waals surface area contributed by atoms with E-state index in [-0.39, 0.29) is 0 Å². The van der Waals surface area contributed by atoms with E-state index < -0.39 is 0 Å². The fraction of sp³-hybridized carbons (Fsp3) is 1.00. The van der Waals surface area contributed by atoms with Crippen molar-refractivity contribution in [3.05, 3.63) is 0 Å². The summed E-state index contributed by atoms with van der Waals surface area (Å²) < 4.78 is 3.15. The number of hydrogen-bond acceptors (Lipinski definition) is 1. The molecule has 2 rings (SSSR count). The maximum atomic E-state index is 2.65. The van der Waals surface area contributed by atoms with E-state index in [1.54, 1.807) is 8.86 Å². The molecule has 0 aliphatic carbocycles. The zero-order valence-electron chi connectivity index (χ0n) is 6.52. The standard InChI is InChI=1S/C8H15IN/c1-10-7-3-2-4-8(10)6-9-5-7/h7-8H,2-6H2,1H3/q-1. The Morgan fingerprint density at radius 2 is 1.80 bits per heavy atom. The van der Waals surface area contributed by atoms with Gasteiger partial charge >= 0.3 is 73.4 Å². The van der Waals surface area contributed by atoms with Crippen LogP contribution in [0.1, 0.15) is 19.3 Å². The summed E-state index contributed by atoms with van der Waals surface area (Å²) in [6, 6.07) is 2.00. The van der Waals surface area contributed by atoms with Crippen LogP contribution in [0.3, 0.4) is 0 Å². The third-order valence-corrected chi connectivity index (χ3v) is 6.08. The van der Waals surface area contributed by atoms with E-state index >= 15 is 0 Å². The molecule has 0 radical (unpaired) electrons. The first-order valence-corrected chi connectivity index (χ1v) is 7.18. The second-order valence-electron chi connectivity index (χ2n) is 3.40. The number of rotatable bonds is 0. The SMILES string of the molecule is CN1C2CCCC1C[I-]C2. The van der Waals surface area contributed by atoms with Crippen molar-refractivity contribution in [2.75, 3.05) is 15.9 Å². The van der Waals surface area contributed by atoms with Gasteiger partial charge in [0.05, 0.1) is 0 Å². The molecule has 2 saturated heterocycles. The van der Waals surface area contributed by atoms with Crippen molar-refractivity contribution < 1.29 is 21.2 Å². The Labute approximate surface area is 73.4 Å². The Balaban J connectivity index is 2.05. The van der Waals surface area contributed by atoms with E-state index in [0.717, 1.165) is 12.1 Å². The van der Waals surface area contributed by atoms with Gasteiger partial charge in [-0.3, -0.25) is 0 Å². The molecule has 2 heteroatoms. The molecule has 1 nitrogen and oxygen atoms in total. The molecular weight excluding hydrogens is 237 g/mol. The van der Waals surface area contributed by atoms with Gasteiger partial charge in [-0.05, 0) is 0 Å². The van der Waals surface area contributed by atoms with Gasteiger partial charge in [0, 0.05) is 0 Å². The predicted octanol–water partition coefficient (Wildman–Crippen LogP) is -2.06. The monoisotopic (exact) mass is 252 g/mol. The van der Waals surface area contributed by atoms with Crippen LogP contribution in [0, 0.1) is 0 Å². The van der Waals surface area contributed by atoms with Crippen LogP contribution >= 0.6 is 0 Å². The van der Waals surface area contributed by atoms with Crippen molar-refractivity contribution in [3.63, 3.8) is 0 Å². The third kappa shape index (κ3) is 1.20. The van der Waals surface area contributed by atoms with Gasteiger partial charge in [-0.1, -0.05) is 0 Å². The van der Waals surface area contributed by atoms with Crippen molar-refractivity contribution in [1.82, 2.24) is 4.90 Å². The van der Waals surface area contributed by atoms with Crippen molar-refractivity contribution in [1.29, 1.82) is 0 Å². The molecule has 2 atom stereocenters. The molecule has 60 valence electrons. The first-order valence-electron chi connectivity index (χ1n) is 4.13. The van der Waals surface area contributed by atoms with Gasteiger partial charge in [0.2, 0.25) is 0 Å². The maximum absolute atomic E-state index is 2.65. The molecule has 0 spiro atoms. The minimum absolute atomic E-state index is 0.610. The van der Waals surface area contributed by atoms with Crippen LogP contribution in [0.4, 0.5) is 0 Å². The molecule has 0 aromatic carbocycles. The van der Waals surface area contributed by atoms with Crippen molar-refractivity contribution in [3.8, 4) is 0 Å². The molecule has 2 fully saturated rings. The molecule has 0 aromatic rings. The van der Waals surface area contributed by atoms with E-state index in [9.17, 15) is 0 Å². The molecule has 0 amide bonds. The summed E-state index contributed by atoms with van der Waals surface area (Å²) in [6.07, 6.45) is 4.49. The van der Waals surface area contributed by atoms with E-state index in [4.69, 9.17) is 0 Å². The normalized spacial score (nSPS) is 42.5. The van der Waals surface area contributed by atoms with Crippen LogP contribution in [0.2, 0.25) is 0 Å². The number of piperidine rings is 1. The molecule has 0 aromatic heterocycles. The zero-order valence-corrected chi connectivity index (χ0v) is 8.67. The van der Waals surface area contributed by atoms with Crippen LogP contribution in [-0.4, -0.2) is 32.9 Å². The van der Waals surface area contributed by atoms with E-state index in [1.807, 2.05) is 0 Å². The topological polar surface area (TPSA) is 3.24 Å². The van der Waals surface area contributed by atoms with Gasteiger partial charge in [0.25, 0.3) is 0 Å². The molecule has 2 aliphatic heterocycles. The zero-order chi connectivity index (χ0) is 6.97. The van der Waals surface area contributed by atoms with Gasteiger partial charge in [-0.2, -0.15) is 0 Å². The van der Waals surface area contributed by atoms with Crippen LogP contribution in [0.25, 0.3) is 0 Å². The van der Waals surface area contributed by atoms with Gasteiger partial charge in [0.1, 0.15) is 0 Å². The summed E-state index contributed by atoms with van der Waals surface area (Å²) in [7, 11) is 2.33. The van der Waals surface area contributed by atoms with Crippen LogP contribution in [0.5, 0.6) is 0 Å². The summed E-state index contributed by atoms with van der Waals surface area (Å²) in [5, 5.41) is 0. The summed E-state index contributed by atoms with van der Waals surface area (Å²) in [6.45, 7) is 0. The number of alkyl halides is 2. The second-order valence-corrected chi connectivity index (χ2v) is 6.24. The second kappa shape index (κ2) is 2.97. The van der Waals surface area contributed by atoms with E-state index in [0.29, 0.717) is 21.2 Å². The van der Waals surface area contributed by atoms with Gasteiger partial charge in [-0.25, -0.2) is 0 Å². The molecule has 0 N–H and O–H groups in total. The first kappa shape index (κ1) is 7.35. The van der Waals surface area contributed by atoms with E-state index in [1.165, 1.54) is 19.3 Å². The average molecular weight is 252 g/mol. The van der Waals surface area contributed by atoms with Gasteiger partial charge in [-0.15, -0.1) is 0 Å². The number of nitrogens with zero attached hydrogens (tertiary/aromatic N) is 1. The quantitative estimate of drug-likeness (QED) is 0.354. The number of halogens is 1. The van der Waals surface area contributed by atoms with Crippen LogP contribution in [-0.2, 0) is 0 Å². The van der Waals surface area contributed by atoms with E-state index in [2.05, 4.69) is 11.9 Å². The van der Waals surface area contributed by atoms with Gasteiger partial charge < -0.3 is 0 Å². The van der Waals surface area contributed by atoms with Crippen molar-refractivity contribution >= 4 is 0 Å². The molecule has 10 heavy (non-hydrogen) atoms. The fourth-order valence-electron chi connectivity index (χ4n) is 1.98.